The van der Waals surface area contributed by atoms with Gasteiger partial charge >= 0.3 is 6.03 Å². The Labute approximate surface area is 152 Å². The molecule has 6 nitrogen and oxygen atoms in total. The van der Waals surface area contributed by atoms with Gasteiger partial charge in [-0.1, -0.05) is 38.1 Å². The van der Waals surface area contributed by atoms with Gasteiger partial charge in [0.15, 0.2) is 5.82 Å². The molecule has 0 saturated carbocycles. The van der Waals surface area contributed by atoms with E-state index in [0.29, 0.717) is 17.3 Å². The van der Waals surface area contributed by atoms with Crippen LogP contribution in [-0.4, -0.2) is 16.2 Å². The Morgan fingerprint density at radius 2 is 1.65 bits per heavy atom. The maximum absolute atomic E-state index is 12.1. The lowest BCUT2D eigenvalue weighted by Gasteiger charge is -2.12. The molecule has 134 valence electrons. The zero-order valence-corrected chi connectivity index (χ0v) is 15.1. The number of nitrogens with one attached hydrogen (secondary N) is 2. The van der Waals surface area contributed by atoms with Gasteiger partial charge < -0.3 is 9.84 Å². The van der Waals surface area contributed by atoms with E-state index in [-0.39, 0.29) is 11.4 Å². The van der Waals surface area contributed by atoms with Gasteiger partial charge in [0, 0.05) is 29.6 Å². The van der Waals surface area contributed by atoms with Crippen LogP contribution in [0.15, 0.2) is 59.4 Å². The maximum atomic E-state index is 12.1. The van der Waals surface area contributed by atoms with E-state index >= 15 is 0 Å². The molecule has 26 heavy (non-hydrogen) atoms. The smallest absolute Gasteiger partial charge is 0.324 e. The third kappa shape index (κ3) is 4.69. The molecule has 6 heteroatoms. The van der Waals surface area contributed by atoms with Crippen LogP contribution in [-0.2, 0) is 11.8 Å². The first-order valence-electron chi connectivity index (χ1n) is 8.43. The molecule has 0 saturated heterocycles. The summed E-state index contributed by atoms with van der Waals surface area (Å²) in [5.74, 6) is 1.11. The predicted octanol–water partition coefficient (Wildman–Crippen LogP) is 4.60. The number of benzene rings is 1. The van der Waals surface area contributed by atoms with Crippen molar-refractivity contribution in [1.29, 1.82) is 0 Å². The number of hydrogen-bond acceptors (Lipinski definition) is 4. The fourth-order valence-electron chi connectivity index (χ4n) is 2.41. The number of urea groups is 1. The Morgan fingerprint density at radius 1 is 1.00 bits per heavy atom. The van der Waals surface area contributed by atoms with Crippen LogP contribution in [0.4, 0.5) is 16.3 Å². The Hall–Kier alpha value is -3.15. The van der Waals surface area contributed by atoms with Crippen LogP contribution in [0.2, 0.25) is 0 Å². The average Bonchev–Trinajstić information content (AvgIpc) is 3.06. The summed E-state index contributed by atoms with van der Waals surface area (Å²) < 4.78 is 5.26. The topological polar surface area (TPSA) is 80.0 Å². The zero-order chi connectivity index (χ0) is 18.6. The Kier molecular flexibility index (Phi) is 5.02. The molecule has 0 atom stereocenters. The molecular formula is C20H22N4O2. The first kappa shape index (κ1) is 17.7. The molecule has 0 radical (unpaired) electrons. The van der Waals surface area contributed by atoms with E-state index in [1.165, 1.54) is 5.56 Å². The molecule has 2 N–H and O–H groups in total. The number of carbonyl (C=O) groups is 1. The van der Waals surface area contributed by atoms with Crippen LogP contribution in [0.1, 0.15) is 37.7 Å². The molecule has 0 fully saturated rings. The monoisotopic (exact) mass is 350 g/mol. The van der Waals surface area contributed by atoms with Crippen molar-refractivity contribution in [2.24, 2.45) is 0 Å². The van der Waals surface area contributed by atoms with Crippen molar-refractivity contribution >= 4 is 17.5 Å². The number of carbonyl (C=O) groups excluding carboxylic acids is 1. The van der Waals surface area contributed by atoms with E-state index in [0.717, 1.165) is 12.0 Å². The van der Waals surface area contributed by atoms with Crippen LogP contribution >= 0.6 is 0 Å². The Balaban J connectivity index is 1.57. The molecule has 0 aliphatic heterocycles. The minimum Gasteiger partial charge on any atom is -0.359 e. The highest BCUT2D eigenvalue weighted by atomic mass is 16.5. The predicted molar refractivity (Wildman–Crippen MR) is 101 cm³/mol. The highest BCUT2D eigenvalue weighted by Gasteiger charge is 2.20. The molecule has 2 amide bonds. The number of nitrogens with zero attached hydrogens (tertiary/aromatic N) is 2. The fourth-order valence-corrected chi connectivity index (χ4v) is 2.41. The van der Waals surface area contributed by atoms with Gasteiger partial charge in [-0.2, -0.15) is 0 Å². The minimum atomic E-state index is -0.361. The minimum absolute atomic E-state index is 0.159. The van der Waals surface area contributed by atoms with Gasteiger partial charge in [-0.25, -0.2) is 4.79 Å². The van der Waals surface area contributed by atoms with Crippen LogP contribution < -0.4 is 10.6 Å². The standard InChI is InChI=1S/C20H22N4O2/c1-20(2,3)17-13-18(24-26-17)23-19(25)22-16-6-4-14(5-7-16)12-15-8-10-21-11-9-15/h4-11,13H,12H2,1-3H3,(H2,22,23,24,25). The van der Waals surface area contributed by atoms with E-state index in [1.54, 1.807) is 18.5 Å². The first-order chi connectivity index (χ1) is 12.4. The average molecular weight is 350 g/mol. The van der Waals surface area contributed by atoms with Crippen LogP contribution in [0.25, 0.3) is 0 Å². The van der Waals surface area contributed by atoms with Crippen molar-refractivity contribution < 1.29 is 9.32 Å². The summed E-state index contributed by atoms with van der Waals surface area (Å²) in [6.45, 7) is 6.06. The molecule has 0 aliphatic rings. The molecule has 3 aromatic rings. The normalized spacial score (nSPS) is 11.2. The number of hydrogen-bond donors (Lipinski definition) is 2. The summed E-state index contributed by atoms with van der Waals surface area (Å²) in [5, 5.41) is 9.34. The van der Waals surface area contributed by atoms with E-state index in [1.807, 2.05) is 57.2 Å². The van der Waals surface area contributed by atoms with Gasteiger partial charge in [0.1, 0.15) is 5.76 Å². The number of aromatic nitrogens is 2. The van der Waals surface area contributed by atoms with Crippen molar-refractivity contribution in [2.75, 3.05) is 10.6 Å². The number of anilines is 2. The molecule has 0 spiro atoms. The molecular weight excluding hydrogens is 328 g/mol. The highest BCUT2D eigenvalue weighted by molar-refractivity contribution is 5.99. The van der Waals surface area contributed by atoms with Crippen molar-refractivity contribution in [2.45, 2.75) is 32.6 Å². The van der Waals surface area contributed by atoms with E-state index in [9.17, 15) is 4.79 Å². The molecule has 0 unspecified atom stereocenters. The van der Waals surface area contributed by atoms with Crippen molar-refractivity contribution in [1.82, 2.24) is 10.1 Å². The number of rotatable bonds is 4. The largest absolute Gasteiger partial charge is 0.359 e. The van der Waals surface area contributed by atoms with E-state index in [2.05, 4.69) is 20.8 Å². The van der Waals surface area contributed by atoms with Gasteiger partial charge in [-0.05, 0) is 41.8 Å². The molecule has 3 rings (SSSR count). The lowest BCUT2D eigenvalue weighted by Crippen LogP contribution is -2.19. The number of pyridine rings is 1. The summed E-state index contributed by atoms with van der Waals surface area (Å²) >= 11 is 0. The summed E-state index contributed by atoms with van der Waals surface area (Å²) in [7, 11) is 0. The van der Waals surface area contributed by atoms with Crippen molar-refractivity contribution in [3.8, 4) is 0 Å². The lowest BCUT2D eigenvalue weighted by atomic mass is 9.93. The van der Waals surface area contributed by atoms with Gasteiger partial charge in [-0.15, -0.1) is 0 Å². The van der Waals surface area contributed by atoms with Gasteiger partial charge in [-0.3, -0.25) is 10.3 Å². The molecule has 2 aromatic heterocycles. The summed E-state index contributed by atoms with van der Waals surface area (Å²) in [6, 6.07) is 13.1. The first-order valence-corrected chi connectivity index (χ1v) is 8.43. The van der Waals surface area contributed by atoms with Crippen LogP contribution in [0.3, 0.4) is 0 Å². The zero-order valence-electron chi connectivity index (χ0n) is 15.1. The van der Waals surface area contributed by atoms with Crippen LogP contribution in [0.5, 0.6) is 0 Å². The fraction of sp³-hybridized carbons (Fsp3) is 0.250. The summed E-state index contributed by atoms with van der Waals surface area (Å²) in [5.41, 5.74) is 2.90. The summed E-state index contributed by atoms with van der Waals surface area (Å²) in [6.07, 6.45) is 4.39. The molecule has 1 aromatic carbocycles. The molecule has 2 heterocycles. The Bertz CT molecular complexity index is 865. The quantitative estimate of drug-likeness (QED) is 0.720. The third-order valence-corrected chi connectivity index (χ3v) is 3.86. The van der Waals surface area contributed by atoms with Crippen LogP contribution in [0, 0.1) is 0 Å². The maximum Gasteiger partial charge on any atom is 0.324 e. The van der Waals surface area contributed by atoms with E-state index in [4.69, 9.17) is 4.52 Å². The van der Waals surface area contributed by atoms with Gasteiger partial charge in [0.05, 0.1) is 0 Å². The van der Waals surface area contributed by atoms with E-state index < -0.39 is 0 Å². The second-order valence-corrected chi connectivity index (χ2v) is 7.13. The highest BCUT2D eigenvalue weighted by Crippen LogP contribution is 2.24. The third-order valence-electron chi connectivity index (χ3n) is 3.86. The number of amides is 2. The second-order valence-electron chi connectivity index (χ2n) is 7.13. The second kappa shape index (κ2) is 7.39. The lowest BCUT2D eigenvalue weighted by molar-refractivity contribution is 0.262. The van der Waals surface area contributed by atoms with Gasteiger partial charge in [0.25, 0.3) is 0 Å². The SMILES string of the molecule is CC(C)(C)c1cc(NC(=O)Nc2ccc(Cc3ccncc3)cc2)no1. The van der Waals surface area contributed by atoms with Crippen molar-refractivity contribution in [3.05, 3.63) is 71.7 Å². The molecule has 0 aliphatic carbocycles. The van der Waals surface area contributed by atoms with Gasteiger partial charge in [0.2, 0.25) is 0 Å². The molecule has 0 bridgehead atoms. The summed E-state index contributed by atoms with van der Waals surface area (Å²) in [4.78, 5) is 16.1. The Morgan fingerprint density at radius 3 is 2.27 bits per heavy atom. The van der Waals surface area contributed by atoms with Crippen molar-refractivity contribution in [3.63, 3.8) is 0 Å².